The molecular weight excluding hydrogens is 152 g/mol. The summed E-state index contributed by atoms with van der Waals surface area (Å²) in [7, 11) is 1.83. The monoisotopic (exact) mass is 164 g/mol. The van der Waals surface area contributed by atoms with Gasteiger partial charge in [0, 0.05) is 7.05 Å². The summed E-state index contributed by atoms with van der Waals surface area (Å²) in [6.07, 6.45) is 6.38. The summed E-state index contributed by atoms with van der Waals surface area (Å²) in [5, 5.41) is 3.10. The molecule has 1 aliphatic carbocycles. The van der Waals surface area contributed by atoms with Crippen LogP contribution in [-0.2, 0) is 4.79 Å². The van der Waals surface area contributed by atoms with Crippen LogP contribution < -0.4 is 5.32 Å². The van der Waals surface area contributed by atoms with Gasteiger partial charge in [-0.2, -0.15) is 0 Å². The fraction of sp³-hybridized carbons (Fsp3) is 0.444. The van der Waals surface area contributed by atoms with E-state index in [1.807, 2.05) is 7.05 Å². The van der Waals surface area contributed by atoms with Crippen LogP contribution in [-0.4, -0.2) is 24.4 Å². The molecule has 12 heavy (non-hydrogen) atoms. The summed E-state index contributed by atoms with van der Waals surface area (Å²) in [5.74, 6) is 0.139. The number of carbonyl (C=O) groups is 1. The molecule has 0 spiro atoms. The molecule has 3 heteroatoms. The van der Waals surface area contributed by atoms with Crippen molar-refractivity contribution in [2.75, 3.05) is 13.6 Å². The summed E-state index contributed by atoms with van der Waals surface area (Å²) in [6.45, 7) is 0.430. The van der Waals surface area contributed by atoms with Gasteiger partial charge >= 0.3 is 0 Å². The Labute approximate surface area is 71.7 Å². The van der Waals surface area contributed by atoms with Crippen molar-refractivity contribution >= 4 is 5.91 Å². The molecule has 0 aromatic rings. The molecule has 0 bridgehead atoms. The topological polar surface area (TPSA) is 32.3 Å². The number of allylic oxidation sites excluding steroid dienone is 2. The third-order valence-corrected chi connectivity index (χ3v) is 2.29. The predicted molar refractivity (Wildman–Crippen MR) is 46.2 cm³/mol. The van der Waals surface area contributed by atoms with E-state index < -0.39 is 0 Å². The highest BCUT2D eigenvalue weighted by molar-refractivity contribution is 5.82. The Balaban J connectivity index is 2.30. The lowest BCUT2D eigenvalue weighted by molar-refractivity contribution is -0.127. The average Bonchev–Trinajstić information content (AvgIpc) is 2.12. The van der Waals surface area contributed by atoms with Gasteiger partial charge in [0.25, 0.3) is 0 Å². The van der Waals surface area contributed by atoms with Gasteiger partial charge in [0.1, 0.15) is 0 Å². The van der Waals surface area contributed by atoms with Crippen LogP contribution in [0.4, 0.5) is 0 Å². The molecule has 1 heterocycles. The molecule has 0 unspecified atom stereocenters. The Morgan fingerprint density at radius 2 is 2.17 bits per heavy atom. The van der Waals surface area contributed by atoms with Crippen LogP contribution in [0.2, 0.25) is 0 Å². The highest BCUT2D eigenvalue weighted by atomic mass is 16.2. The molecule has 1 saturated heterocycles. The number of rotatable bonds is 0. The zero-order valence-electron chi connectivity index (χ0n) is 7.13. The second-order valence-corrected chi connectivity index (χ2v) is 3.09. The Morgan fingerprint density at radius 3 is 3.00 bits per heavy atom. The van der Waals surface area contributed by atoms with Crippen molar-refractivity contribution in [3.8, 4) is 0 Å². The molecule has 1 amide bonds. The number of hydrogen-bond acceptors (Lipinski definition) is 2. The van der Waals surface area contributed by atoms with Gasteiger partial charge < -0.3 is 10.2 Å². The number of piperazine rings is 1. The Morgan fingerprint density at radius 1 is 1.42 bits per heavy atom. The van der Waals surface area contributed by atoms with Crippen LogP contribution in [0.25, 0.3) is 0 Å². The molecule has 0 aromatic heterocycles. The molecule has 64 valence electrons. The van der Waals surface area contributed by atoms with Gasteiger partial charge in [0.15, 0.2) is 0 Å². The number of fused-ring (bicyclic) bond motifs is 1. The Hall–Kier alpha value is -1.25. The molecule has 3 nitrogen and oxygen atoms in total. The van der Waals surface area contributed by atoms with Crippen molar-refractivity contribution in [1.82, 2.24) is 10.2 Å². The second kappa shape index (κ2) is 2.66. The average molecular weight is 164 g/mol. The lowest BCUT2D eigenvalue weighted by Gasteiger charge is -2.31. The first-order valence-electron chi connectivity index (χ1n) is 4.20. The predicted octanol–water partition coefficient (Wildman–Crippen LogP) is 0.610. The maximum Gasteiger partial charge on any atom is 0.246 e. The van der Waals surface area contributed by atoms with Gasteiger partial charge in [0.05, 0.1) is 17.9 Å². The zero-order chi connectivity index (χ0) is 8.55. The maximum absolute atomic E-state index is 11.2. The molecule has 1 aliphatic heterocycles. The first-order chi connectivity index (χ1) is 5.79. The lowest BCUT2D eigenvalue weighted by Crippen LogP contribution is -2.43. The van der Waals surface area contributed by atoms with Crippen LogP contribution in [0, 0.1) is 0 Å². The van der Waals surface area contributed by atoms with Crippen molar-refractivity contribution < 1.29 is 4.79 Å². The normalized spacial score (nSPS) is 22.4. The van der Waals surface area contributed by atoms with Gasteiger partial charge in [-0.25, -0.2) is 0 Å². The first-order valence-corrected chi connectivity index (χ1v) is 4.20. The minimum Gasteiger partial charge on any atom is -0.375 e. The summed E-state index contributed by atoms with van der Waals surface area (Å²) >= 11 is 0. The van der Waals surface area contributed by atoms with Crippen molar-refractivity contribution in [1.29, 1.82) is 0 Å². The summed E-state index contributed by atoms with van der Waals surface area (Å²) in [5.41, 5.74) is 2.15. The van der Waals surface area contributed by atoms with Crippen LogP contribution in [0.3, 0.4) is 0 Å². The molecule has 2 rings (SSSR count). The molecule has 2 aliphatic rings. The standard InChI is InChI=1S/C9H12N2O/c1-11-8-5-3-2-4-7(8)10-6-9(11)12/h4-5,10H,2-3,6H2,1H3. The van der Waals surface area contributed by atoms with Gasteiger partial charge in [0.2, 0.25) is 5.91 Å². The molecular formula is C9H12N2O. The summed E-state index contributed by atoms with van der Waals surface area (Å²) in [4.78, 5) is 13.0. The Kier molecular flexibility index (Phi) is 1.64. The van der Waals surface area contributed by atoms with E-state index in [4.69, 9.17) is 0 Å². The SMILES string of the molecule is CN1C(=O)CNC2=CCCC=C21. The van der Waals surface area contributed by atoms with Crippen molar-refractivity contribution in [2.24, 2.45) is 0 Å². The second-order valence-electron chi connectivity index (χ2n) is 3.09. The van der Waals surface area contributed by atoms with E-state index in [-0.39, 0.29) is 5.91 Å². The minimum atomic E-state index is 0.139. The highest BCUT2D eigenvalue weighted by Gasteiger charge is 2.23. The minimum absolute atomic E-state index is 0.139. The first kappa shape index (κ1) is 7.40. The fourth-order valence-electron chi connectivity index (χ4n) is 1.57. The van der Waals surface area contributed by atoms with Crippen LogP contribution in [0.1, 0.15) is 12.8 Å². The lowest BCUT2D eigenvalue weighted by atomic mass is 10.1. The van der Waals surface area contributed by atoms with Gasteiger partial charge in [-0.05, 0) is 12.8 Å². The Bertz CT molecular complexity index is 278. The number of likely N-dealkylation sites (N-methyl/N-ethyl adjacent to an activating group) is 1. The molecule has 0 atom stereocenters. The maximum atomic E-state index is 11.2. The molecule has 1 N–H and O–H groups in total. The number of amides is 1. The van der Waals surface area contributed by atoms with E-state index in [1.165, 1.54) is 0 Å². The van der Waals surface area contributed by atoms with Crippen LogP contribution in [0.5, 0.6) is 0 Å². The van der Waals surface area contributed by atoms with E-state index in [1.54, 1.807) is 4.90 Å². The number of carbonyl (C=O) groups excluding carboxylic acids is 1. The number of nitrogens with zero attached hydrogens (tertiary/aromatic N) is 1. The van der Waals surface area contributed by atoms with Gasteiger partial charge in [-0.3, -0.25) is 4.79 Å². The largest absolute Gasteiger partial charge is 0.375 e. The van der Waals surface area contributed by atoms with E-state index >= 15 is 0 Å². The third kappa shape index (κ3) is 1.02. The van der Waals surface area contributed by atoms with E-state index in [0.717, 1.165) is 24.2 Å². The van der Waals surface area contributed by atoms with Crippen LogP contribution >= 0.6 is 0 Å². The van der Waals surface area contributed by atoms with E-state index in [9.17, 15) is 4.79 Å². The van der Waals surface area contributed by atoms with Crippen molar-refractivity contribution in [2.45, 2.75) is 12.8 Å². The molecule has 1 fully saturated rings. The summed E-state index contributed by atoms with van der Waals surface area (Å²) in [6, 6.07) is 0. The number of nitrogens with one attached hydrogen (secondary N) is 1. The highest BCUT2D eigenvalue weighted by Crippen LogP contribution is 2.21. The summed E-state index contributed by atoms with van der Waals surface area (Å²) < 4.78 is 0. The third-order valence-electron chi connectivity index (χ3n) is 2.29. The number of hydrogen-bond donors (Lipinski definition) is 1. The van der Waals surface area contributed by atoms with Crippen molar-refractivity contribution in [3.05, 3.63) is 23.5 Å². The van der Waals surface area contributed by atoms with Crippen LogP contribution in [0.15, 0.2) is 23.5 Å². The quantitative estimate of drug-likeness (QED) is 0.569. The van der Waals surface area contributed by atoms with E-state index in [2.05, 4.69) is 17.5 Å². The fourth-order valence-corrected chi connectivity index (χ4v) is 1.57. The van der Waals surface area contributed by atoms with Gasteiger partial charge in [-0.15, -0.1) is 0 Å². The van der Waals surface area contributed by atoms with Gasteiger partial charge in [-0.1, -0.05) is 12.2 Å². The van der Waals surface area contributed by atoms with Crippen molar-refractivity contribution in [3.63, 3.8) is 0 Å². The smallest absolute Gasteiger partial charge is 0.246 e. The van der Waals surface area contributed by atoms with E-state index in [0.29, 0.717) is 6.54 Å². The molecule has 0 saturated carbocycles. The zero-order valence-corrected chi connectivity index (χ0v) is 7.13. The molecule has 0 aromatic carbocycles. The molecule has 0 radical (unpaired) electrons.